The van der Waals surface area contributed by atoms with Crippen LogP contribution in [-0.4, -0.2) is 37.7 Å². The second kappa shape index (κ2) is 6.10. The summed E-state index contributed by atoms with van der Waals surface area (Å²) in [5, 5.41) is 0. The highest BCUT2D eigenvalue weighted by molar-refractivity contribution is 9.10. The van der Waals surface area contributed by atoms with Crippen molar-refractivity contribution >= 4 is 15.9 Å². The molecule has 0 amide bonds. The summed E-state index contributed by atoms with van der Waals surface area (Å²) in [6.07, 6.45) is 0.928. The van der Waals surface area contributed by atoms with Crippen LogP contribution < -0.4 is 5.73 Å². The van der Waals surface area contributed by atoms with E-state index in [0.29, 0.717) is 6.61 Å². The molecule has 0 aromatic heterocycles. The number of likely N-dealkylation sites (tertiary alicyclic amines) is 1. The molecular weight excluding hydrogens is 299 g/mol. The summed E-state index contributed by atoms with van der Waals surface area (Å²) in [6, 6.07) is 4.86. The second-order valence-electron chi connectivity index (χ2n) is 4.59. The lowest BCUT2D eigenvalue weighted by atomic mass is 10.0. The van der Waals surface area contributed by atoms with Crippen LogP contribution in [-0.2, 0) is 4.74 Å². The highest BCUT2D eigenvalue weighted by Crippen LogP contribution is 2.35. The predicted octanol–water partition coefficient (Wildman–Crippen LogP) is 2.31. The van der Waals surface area contributed by atoms with Crippen molar-refractivity contribution in [3.63, 3.8) is 0 Å². The molecule has 100 valence electrons. The van der Waals surface area contributed by atoms with Crippen LogP contribution in [0.3, 0.4) is 0 Å². The second-order valence-corrected chi connectivity index (χ2v) is 5.45. The van der Waals surface area contributed by atoms with Gasteiger partial charge in [0.1, 0.15) is 5.82 Å². The lowest BCUT2D eigenvalue weighted by molar-refractivity contribution is 0.138. The zero-order valence-corrected chi connectivity index (χ0v) is 12.0. The SMILES string of the molecule is COCCN1CCC(N)C1c1cc(F)ccc1Br. The Morgan fingerprint density at radius 2 is 2.33 bits per heavy atom. The number of hydrogen-bond acceptors (Lipinski definition) is 3. The Hall–Kier alpha value is -0.490. The molecule has 2 rings (SSSR count). The van der Waals surface area contributed by atoms with Crippen LogP contribution in [0.5, 0.6) is 0 Å². The number of rotatable bonds is 4. The van der Waals surface area contributed by atoms with Gasteiger partial charge in [0.25, 0.3) is 0 Å². The van der Waals surface area contributed by atoms with Crippen LogP contribution in [0.1, 0.15) is 18.0 Å². The zero-order valence-electron chi connectivity index (χ0n) is 10.4. The number of nitrogens with zero attached hydrogens (tertiary/aromatic N) is 1. The molecule has 2 N–H and O–H groups in total. The van der Waals surface area contributed by atoms with Gasteiger partial charge in [0.2, 0.25) is 0 Å². The minimum absolute atomic E-state index is 0.0416. The van der Waals surface area contributed by atoms with E-state index in [9.17, 15) is 4.39 Å². The van der Waals surface area contributed by atoms with Crippen LogP contribution in [0.15, 0.2) is 22.7 Å². The molecule has 0 bridgehead atoms. The molecule has 3 nitrogen and oxygen atoms in total. The first-order valence-electron chi connectivity index (χ1n) is 6.07. The van der Waals surface area contributed by atoms with E-state index in [1.54, 1.807) is 19.2 Å². The average molecular weight is 317 g/mol. The molecule has 1 aliphatic heterocycles. The molecule has 1 heterocycles. The number of halogens is 2. The Kier molecular flexibility index (Phi) is 4.72. The Balaban J connectivity index is 2.24. The van der Waals surface area contributed by atoms with Gasteiger partial charge in [-0.1, -0.05) is 15.9 Å². The van der Waals surface area contributed by atoms with E-state index in [1.807, 2.05) is 0 Å². The van der Waals surface area contributed by atoms with Gasteiger partial charge in [-0.2, -0.15) is 0 Å². The molecular formula is C13H18BrFN2O. The van der Waals surface area contributed by atoms with Crippen molar-refractivity contribution in [1.82, 2.24) is 4.90 Å². The summed E-state index contributed by atoms with van der Waals surface area (Å²) in [7, 11) is 1.68. The van der Waals surface area contributed by atoms with Crippen LogP contribution >= 0.6 is 15.9 Å². The Bertz CT molecular complexity index is 416. The minimum Gasteiger partial charge on any atom is -0.383 e. The standard InChI is InChI=1S/C13H18BrFN2O/c1-18-7-6-17-5-4-12(16)13(17)10-8-9(15)2-3-11(10)14/h2-3,8,12-13H,4-7,16H2,1H3. The number of benzene rings is 1. The summed E-state index contributed by atoms with van der Waals surface area (Å²) in [5.41, 5.74) is 7.09. The third kappa shape index (κ3) is 2.91. The first-order valence-corrected chi connectivity index (χ1v) is 6.86. The first-order chi connectivity index (χ1) is 8.63. The maximum absolute atomic E-state index is 13.4. The van der Waals surface area contributed by atoms with Crippen molar-refractivity contribution in [3.05, 3.63) is 34.1 Å². The third-order valence-corrected chi connectivity index (χ3v) is 4.13. The number of methoxy groups -OCH3 is 1. The highest BCUT2D eigenvalue weighted by Gasteiger charge is 2.33. The van der Waals surface area contributed by atoms with Crippen molar-refractivity contribution in [2.45, 2.75) is 18.5 Å². The van der Waals surface area contributed by atoms with Crippen molar-refractivity contribution in [3.8, 4) is 0 Å². The molecule has 2 atom stereocenters. The molecule has 1 fully saturated rings. The highest BCUT2D eigenvalue weighted by atomic mass is 79.9. The van der Waals surface area contributed by atoms with E-state index < -0.39 is 0 Å². The van der Waals surface area contributed by atoms with E-state index in [-0.39, 0.29) is 17.9 Å². The monoisotopic (exact) mass is 316 g/mol. The number of hydrogen-bond donors (Lipinski definition) is 1. The van der Waals surface area contributed by atoms with Gasteiger partial charge in [-0.15, -0.1) is 0 Å². The van der Waals surface area contributed by atoms with Crippen LogP contribution in [0.25, 0.3) is 0 Å². The fraction of sp³-hybridized carbons (Fsp3) is 0.538. The van der Waals surface area contributed by atoms with E-state index in [0.717, 1.165) is 29.5 Å². The summed E-state index contributed by atoms with van der Waals surface area (Å²) >= 11 is 3.48. The molecule has 1 aromatic carbocycles. The molecule has 1 saturated heterocycles. The number of nitrogens with two attached hydrogens (primary N) is 1. The average Bonchev–Trinajstić information content (AvgIpc) is 2.71. The largest absolute Gasteiger partial charge is 0.383 e. The van der Waals surface area contributed by atoms with Gasteiger partial charge >= 0.3 is 0 Å². The van der Waals surface area contributed by atoms with E-state index in [2.05, 4.69) is 20.8 Å². The van der Waals surface area contributed by atoms with Gasteiger partial charge in [-0.25, -0.2) is 4.39 Å². The minimum atomic E-state index is -0.223. The smallest absolute Gasteiger partial charge is 0.123 e. The Morgan fingerprint density at radius 3 is 3.06 bits per heavy atom. The summed E-state index contributed by atoms with van der Waals surface area (Å²) < 4.78 is 19.4. The van der Waals surface area contributed by atoms with E-state index in [4.69, 9.17) is 10.5 Å². The normalized spacial score (nSPS) is 24.7. The topological polar surface area (TPSA) is 38.5 Å². The molecule has 18 heavy (non-hydrogen) atoms. The van der Waals surface area contributed by atoms with Crippen molar-refractivity contribution in [2.75, 3.05) is 26.8 Å². The van der Waals surface area contributed by atoms with Crippen molar-refractivity contribution in [2.24, 2.45) is 5.73 Å². The molecule has 0 radical (unpaired) electrons. The van der Waals surface area contributed by atoms with Gasteiger partial charge in [-0.05, 0) is 30.2 Å². The number of ether oxygens (including phenoxy) is 1. The third-order valence-electron chi connectivity index (χ3n) is 3.41. The van der Waals surface area contributed by atoms with E-state index in [1.165, 1.54) is 6.07 Å². The molecule has 0 spiro atoms. The molecule has 1 aliphatic rings. The van der Waals surface area contributed by atoms with Crippen molar-refractivity contribution < 1.29 is 9.13 Å². The molecule has 5 heteroatoms. The van der Waals surface area contributed by atoms with Crippen LogP contribution in [0.2, 0.25) is 0 Å². The van der Waals surface area contributed by atoms with Crippen molar-refractivity contribution in [1.29, 1.82) is 0 Å². The molecule has 2 unspecified atom stereocenters. The van der Waals surface area contributed by atoms with E-state index >= 15 is 0 Å². The van der Waals surface area contributed by atoms with Gasteiger partial charge in [-0.3, -0.25) is 4.90 Å². The summed E-state index contributed by atoms with van der Waals surface area (Å²) in [5.74, 6) is -0.223. The lowest BCUT2D eigenvalue weighted by Crippen LogP contribution is -2.34. The molecule has 1 aromatic rings. The predicted molar refractivity (Wildman–Crippen MR) is 72.9 cm³/mol. The maximum Gasteiger partial charge on any atom is 0.123 e. The Morgan fingerprint density at radius 1 is 1.56 bits per heavy atom. The fourth-order valence-corrected chi connectivity index (χ4v) is 2.99. The fourth-order valence-electron chi connectivity index (χ4n) is 2.51. The molecule has 0 aliphatic carbocycles. The van der Waals surface area contributed by atoms with Gasteiger partial charge in [0.15, 0.2) is 0 Å². The quantitative estimate of drug-likeness (QED) is 0.926. The molecule has 0 saturated carbocycles. The summed E-state index contributed by atoms with van der Waals surface area (Å²) in [4.78, 5) is 2.26. The van der Waals surface area contributed by atoms with Gasteiger partial charge < -0.3 is 10.5 Å². The lowest BCUT2D eigenvalue weighted by Gasteiger charge is -2.27. The Labute approximate surface area is 115 Å². The first kappa shape index (κ1) is 13.9. The zero-order chi connectivity index (χ0) is 13.1. The van der Waals surface area contributed by atoms with Gasteiger partial charge in [0, 0.05) is 30.7 Å². The van der Waals surface area contributed by atoms with Crippen LogP contribution in [0, 0.1) is 5.82 Å². The van der Waals surface area contributed by atoms with Crippen LogP contribution in [0.4, 0.5) is 4.39 Å². The van der Waals surface area contributed by atoms with Gasteiger partial charge in [0.05, 0.1) is 12.6 Å². The maximum atomic E-state index is 13.4. The summed E-state index contributed by atoms with van der Waals surface area (Å²) in [6.45, 7) is 2.41.